The molecule has 0 N–H and O–H groups in total. The predicted molar refractivity (Wildman–Crippen MR) is 87.0 cm³/mol. The van der Waals surface area contributed by atoms with Crippen molar-refractivity contribution in [2.45, 2.75) is 25.3 Å². The predicted octanol–water partition coefficient (Wildman–Crippen LogP) is 4.04. The molecule has 0 saturated carbocycles. The van der Waals surface area contributed by atoms with E-state index in [1.807, 2.05) is 0 Å². The summed E-state index contributed by atoms with van der Waals surface area (Å²) in [6, 6.07) is 10.7. The molecule has 2 unspecified atom stereocenters. The van der Waals surface area contributed by atoms with Gasteiger partial charge in [-0.25, -0.2) is 0 Å². The number of hydrogen-bond donors (Lipinski definition) is 0. The van der Waals surface area contributed by atoms with Crippen LogP contribution in [0, 0.1) is 5.92 Å². The number of rotatable bonds is 1. The lowest BCUT2D eigenvalue weighted by Crippen LogP contribution is -2.31. The molecule has 1 aliphatic carbocycles. The molecule has 106 valence electrons. The number of aliphatic imine (C=N–C) groups is 1. The van der Waals surface area contributed by atoms with Crippen LogP contribution in [0.4, 0.5) is 0 Å². The second-order valence-electron chi connectivity index (χ2n) is 6.19. The summed E-state index contributed by atoms with van der Waals surface area (Å²) in [5, 5.41) is 0. The third-order valence-electron chi connectivity index (χ3n) is 4.82. The summed E-state index contributed by atoms with van der Waals surface area (Å²) in [7, 11) is 0. The van der Waals surface area contributed by atoms with Crippen molar-refractivity contribution in [1.29, 1.82) is 0 Å². The third-order valence-corrected chi connectivity index (χ3v) is 4.82. The molecular formula is C19H20N2. The van der Waals surface area contributed by atoms with Gasteiger partial charge in [-0.05, 0) is 24.5 Å². The normalized spacial score (nSPS) is 30.3. The standard InChI is InChI=1S/C19H20N2/c1-19(16-9-3-2-4-10-16)17-11-6-5-8-15(17)14-21-13-7-12-18(21)20-19/h2-6,8-11,14,17H,7,12-13H2,1H3. The second kappa shape index (κ2) is 4.73. The summed E-state index contributed by atoms with van der Waals surface area (Å²) in [4.78, 5) is 7.58. The number of fused-ring (bicyclic) bond motifs is 2. The Morgan fingerprint density at radius 2 is 2.05 bits per heavy atom. The van der Waals surface area contributed by atoms with Crippen molar-refractivity contribution in [3.05, 3.63) is 72.0 Å². The molecular weight excluding hydrogens is 256 g/mol. The maximum atomic E-state index is 5.23. The Hall–Kier alpha value is -2.09. The molecule has 1 aromatic rings. The topological polar surface area (TPSA) is 15.6 Å². The van der Waals surface area contributed by atoms with Gasteiger partial charge in [-0.15, -0.1) is 0 Å². The van der Waals surface area contributed by atoms with Crippen molar-refractivity contribution in [2.24, 2.45) is 10.9 Å². The molecule has 0 bridgehead atoms. The summed E-state index contributed by atoms with van der Waals surface area (Å²) < 4.78 is 0. The third kappa shape index (κ3) is 1.98. The SMILES string of the molecule is CC1(c2ccccc2)N=C2CCCN2C=C2C=CC=CC21. The molecule has 0 radical (unpaired) electrons. The van der Waals surface area contributed by atoms with E-state index >= 15 is 0 Å². The van der Waals surface area contributed by atoms with Gasteiger partial charge >= 0.3 is 0 Å². The van der Waals surface area contributed by atoms with E-state index in [9.17, 15) is 0 Å². The smallest absolute Gasteiger partial charge is 0.104 e. The molecule has 3 aliphatic rings. The molecule has 2 heterocycles. The van der Waals surface area contributed by atoms with Crippen molar-refractivity contribution >= 4 is 5.84 Å². The highest BCUT2D eigenvalue weighted by molar-refractivity contribution is 5.86. The van der Waals surface area contributed by atoms with E-state index in [-0.39, 0.29) is 5.54 Å². The van der Waals surface area contributed by atoms with E-state index in [2.05, 4.69) is 72.7 Å². The van der Waals surface area contributed by atoms with Gasteiger partial charge in [0.15, 0.2) is 0 Å². The van der Waals surface area contributed by atoms with E-state index in [0.717, 1.165) is 13.0 Å². The molecule has 1 aromatic carbocycles. The summed E-state index contributed by atoms with van der Waals surface area (Å²) in [6.45, 7) is 3.37. The first-order valence-electron chi connectivity index (χ1n) is 7.75. The fraction of sp³-hybridized carbons (Fsp3) is 0.316. The molecule has 1 saturated heterocycles. The van der Waals surface area contributed by atoms with Crippen LogP contribution in [0.15, 0.2) is 71.4 Å². The zero-order chi connectivity index (χ0) is 14.3. The molecule has 1 fully saturated rings. The quantitative estimate of drug-likeness (QED) is 0.756. The van der Waals surface area contributed by atoms with Crippen LogP contribution in [0.1, 0.15) is 25.3 Å². The largest absolute Gasteiger partial charge is 0.336 e. The zero-order valence-electron chi connectivity index (χ0n) is 12.4. The Labute approximate surface area is 126 Å². The molecule has 0 aromatic heterocycles. The van der Waals surface area contributed by atoms with E-state index < -0.39 is 0 Å². The second-order valence-corrected chi connectivity index (χ2v) is 6.19. The lowest BCUT2D eigenvalue weighted by molar-refractivity contribution is 0.411. The summed E-state index contributed by atoms with van der Waals surface area (Å²) in [5.74, 6) is 1.55. The number of amidine groups is 1. The van der Waals surface area contributed by atoms with Gasteiger partial charge in [0.25, 0.3) is 0 Å². The average molecular weight is 276 g/mol. The molecule has 4 rings (SSSR count). The van der Waals surface area contributed by atoms with Crippen molar-refractivity contribution in [3.63, 3.8) is 0 Å². The maximum absolute atomic E-state index is 5.23. The molecule has 0 spiro atoms. The van der Waals surface area contributed by atoms with Gasteiger partial charge < -0.3 is 4.90 Å². The number of hydrogen-bond acceptors (Lipinski definition) is 2. The van der Waals surface area contributed by atoms with E-state index in [1.165, 1.54) is 23.4 Å². The van der Waals surface area contributed by atoms with Crippen LogP contribution in [-0.2, 0) is 5.54 Å². The Morgan fingerprint density at radius 3 is 2.90 bits per heavy atom. The summed E-state index contributed by atoms with van der Waals surface area (Å²) >= 11 is 0. The van der Waals surface area contributed by atoms with Crippen molar-refractivity contribution < 1.29 is 0 Å². The minimum absolute atomic E-state index is 0.219. The molecule has 21 heavy (non-hydrogen) atoms. The van der Waals surface area contributed by atoms with Crippen LogP contribution in [0.2, 0.25) is 0 Å². The van der Waals surface area contributed by atoms with Crippen molar-refractivity contribution in [2.75, 3.05) is 6.54 Å². The van der Waals surface area contributed by atoms with E-state index in [4.69, 9.17) is 4.99 Å². The Bertz CT molecular complexity index is 666. The van der Waals surface area contributed by atoms with Crippen LogP contribution < -0.4 is 0 Å². The Kier molecular flexibility index (Phi) is 2.85. The lowest BCUT2D eigenvalue weighted by Gasteiger charge is -2.34. The van der Waals surface area contributed by atoms with Gasteiger partial charge in [0.1, 0.15) is 5.84 Å². The highest BCUT2D eigenvalue weighted by Gasteiger charge is 2.40. The fourth-order valence-corrected chi connectivity index (χ4v) is 3.67. The first-order chi connectivity index (χ1) is 10.3. The Morgan fingerprint density at radius 1 is 1.19 bits per heavy atom. The van der Waals surface area contributed by atoms with E-state index in [0.29, 0.717) is 5.92 Å². The van der Waals surface area contributed by atoms with E-state index in [1.54, 1.807) is 0 Å². The first-order valence-corrected chi connectivity index (χ1v) is 7.75. The van der Waals surface area contributed by atoms with Crippen LogP contribution in [-0.4, -0.2) is 17.3 Å². The summed E-state index contributed by atoms with van der Waals surface area (Å²) in [6.07, 6.45) is 13.4. The first kappa shape index (κ1) is 12.6. The highest BCUT2D eigenvalue weighted by Crippen LogP contribution is 2.43. The van der Waals surface area contributed by atoms with Gasteiger partial charge in [0.2, 0.25) is 0 Å². The van der Waals surface area contributed by atoms with Crippen LogP contribution in [0.25, 0.3) is 0 Å². The molecule has 2 aliphatic heterocycles. The number of benzene rings is 1. The summed E-state index contributed by atoms with van der Waals surface area (Å²) in [5.41, 5.74) is 2.44. The minimum Gasteiger partial charge on any atom is -0.336 e. The molecule has 2 heteroatoms. The van der Waals surface area contributed by atoms with Gasteiger partial charge in [-0.3, -0.25) is 4.99 Å². The zero-order valence-corrected chi connectivity index (χ0v) is 12.4. The monoisotopic (exact) mass is 276 g/mol. The van der Waals surface area contributed by atoms with Crippen LogP contribution >= 0.6 is 0 Å². The number of nitrogens with zero attached hydrogens (tertiary/aromatic N) is 2. The number of allylic oxidation sites excluding steroid dienone is 3. The molecule has 2 atom stereocenters. The highest BCUT2D eigenvalue weighted by atomic mass is 15.2. The van der Waals surface area contributed by atoms with Gasteiger partial charge in [0, 0.05) is 25.1 Å². The maximum Gasteiger partial charge on any atom is 0.104 e. The van der Waals surface area contributed by atoms with Crippen LogP contribution in [0.5, 0.6) is 0 Å². The Balaban J connectivity index is 1.91. The molecule has 2 nitrogen and oxygen atoms in total. The molecule has 0 amide bonds. The minimum atomic E-state index is -0.219. The van der Waals surface area contributed by atoms with Gasteiger partial charge in [-0.2, -0.15) is 0 Å². The lowest BCUT2D eigenvalue weighted by atomic mass is 9.74. The average Bonchev–Trinajstić information content (AvgIpc) is 2.90. The van der Waals surface area contributed by atoms with Crippen molar-refractivity contribution in [3.8, 4) is 0 Å². The van der Waals surface area contributed by atoms with Crippen molar-refractivity contribution in [1.82, 2.24) is 4.90 Å². The van der Waals surface area contributed by atoms with Crippen LogP contribution in [0.3, 0.4) is 0 Å². The fourth-order valence-electron chi connectivity index (χ4n) is 3.67. The van der Waals surface area contributed by atoms with Gasteiger partial charge in [-0.1, -0.05) is 54.6 Å². The van der Waals surface area contributed by atoms with Gasteiger partial charge in [0.05, 0.1) is 5.54 Å².